The molecule has 3 rings (SSSR count). The van der Waals surface area contributed by atoms with Gasteiger partial charge in [0.25, 0.3) is 0 Å². The number of para-hydroxylation sites is 1. The van der Waals surface area contributed by atoms with E-state index in [1.807, 2.05) is 9.80 Å². The van der Waals surface area contributed by atoms with Gasteiger partial charge in [0.15, 0.2) is 0 Å². The van der Waals surface area contributed by atoms with Crippen molar-refractivity contribution in [1.29, 1.82) is 0 Å². The van der Waals surface area contributed by atoms with E-state index in [1.54, 1.807) is 13.0 Å². The zero-order chi connectivity index (χ0) is 21.2. The fourth-order valence-electron chi connectivity index (χ4n) is 3.26. The summed E-state index contributed by atoms with van der Waals surface area (Å²) in [4.78, 5) is 16.0. The van der Waals surface area contributed by atoms with Crippen molar-refractivity contribution in [3.63, 3.8) is 0 Å². The van der Waals surface area contributed by atoms with E-state index in [1.165, 1.54) is 12.1 Å². The highest BCUT2D eigenvalue weighted by atomic mass is 19.4. The van der Waals surface area contributed by atoms with E-state index in [4.69, 9.17) is 0 Å². The molecule has 0 unspecified atom stereocenters. The van der Waals surface area contributed by atoms with E-state index in [2.05, 4.69) is 5.32 Å². The number of alkyl halides is 3. The van der Waals surface area contributed by atoms with Gasteiger partial charge in [-0.05, 0) is 37.3 Å². The van der Waals surface area contributed by atoms with E-state index < -0.39 is 41.0 Å². The molecule has 0 spiro atoms. The molecule has 0 radical (unpaired) electrons. The predicted molar refractivity (Wildman–Crippen MR) is 99.7 cm³/mol. The van der Waals surface area contributed by atoms with Gasteiger partial charge < -0.3 is 10.2 Å². The lowest BCUT2D eigenvalue weighted by atomic mass is 10.1. The first-order valence-electron chi connectivity index (χ1n) is 9.08. The van der Waals surface area contributed by atoms with Crippen LogP contribution in [0.3, 0.4) is 0 Å². The molecule has 9 heteroatoms. The number of carbonyl (C=O) groups excluding carboxylic acids is 1. The Hall–Kier alpha value is -2.68. The number of anilines is 2. The summed E-state index contributed by atoms with van der Waals surface area (Å²) in [7, 11) is 0. The van der Waals surface area contributed by atoms with Crippen LogP contribution in [0.4, 0.5) is 33.3 Å². The van der Waals surface area contributed by atoms with Crippen molar-refractivity contribution in [3.05, 3.63) is 59.7 Å². The Bertz CT molecular complexity index is 858. The molecule has 1 aliphatic heterocycles. The first-order valence-corrected chi connectivity index (χ1v) is 9.08. The van der Waals surface area contributed by atoms with Crippen LogP contribution >= 0.6 is 0 Å². The Morgan fingerprint density at radius 2 is 1.59 bits per heavy atom. The first kappa shape index (κ1) is 21.0. The van der Waals surface area contributed by atoms with E-state index >= 15 is 0 Å². The van der Waals surface area contributed by atoms with Crippen molar-refractivity contribution in [3.8, 4) is 0 Å². The minimum Gasteiger partial charge on any atom is -0.369 e. The molecule has 1 heterocycles. The maximum Gasteiger partial charge on any atom is 0.416 e. The minimum atomic E-state index is -4.41. The van der Waals surface area contributed by atoms with E-state index in [0.717, 1.165) is 24.3 Å². The number of hydrogen-bond acceptors (Lipinski definition) is 3. The largest absolute Gasteiger partial charge is 0.416 e. The van der Waals surface area contributed by atoms with Crippen molar-refractivity contribution >= 4 is 17.3 Å². The number of hydrogen-bond donors (Lipinski definition) is 1. The topological polar surface area (TPSA) is 35.6 Å². The molecule has 0 saturated carbocycles. The Morgan fingerprint density at radius 1 is 1.00 bits per heavy atom. The van der Waals surface area contributed by atoms with Gasteiger partial charge in [-0.3, -0.25) is 9.69 Å². The average molecular weight is 413 g/mol. The quantitative estimate of drug-likeness (QED) is 0.766. The number of amides is 1. The average Bonchev–Trinajstić information content (AvgIpc) is 2.70. The van der Waals surface area contributed by atoms with Crippen LogP contribution in [0.15, 0.2) is 42.5 Å². The molecule has 4 nitrogen and oxygen atoms in total. The molecule has 1 atom stereocenters. The van der Waals surface area contributed by atoms with E-state index in [-0.39, 0.29) is 0 Å². The third-order valence-electron chi connectivity index (χ3n) is 4.99. The lowest BCUT2D eigenvalue weighted by Crippen LogP contribution is -2.53. The summed E-state index contributed by atoms with van der Waals surface area (Å²) < 4.78 is 66.1. The van der Waals surface area contributed by atoms with Gasteiger partial charge in [-0.1, -0.05) is 12.1 Å². The second kappa shape index (κ2) is 8.36. The SMILES string of the molecule is C[C@H](C(=O)Nc1c(F)cccc1F)N1CCN(c2cccc(C(F)(F)F)c2)CC1. The Balaban J connectivity index is 1.61. The minimum absolute atomic E-state index is 0.421. The molecule has 1 amide bonds. The van der Waals surface area contributed by atoms with Crippen molar-refractivity contribution in [2.24, 2.45) is 0 Å². The molecule has 1 fully saturated rings. The number of halogens is 5. The maximum absolute atomic E-state index is 13.7. The van der Waals surface area contributed by atoms with Crippen molar-refractivity contribution in [2.45, 2.75) is 19.1 Å². The number of piperazine rings is 1. The zero-order valence-electron chi connectivity index (χ0n) is 15.6. The van der Waals surface area contributed by atoms with Gasteiger partial charge in [0, 0.05) is 31.9 Å². The highest BCUT2D eigenvalue weighted by molar-refractivity contribution is 5.94. The Kier molecular flexibility index (Phi) is 6.07. The number of nitrogens with one attached hydrogen (secondary N) is 1. The summed E-state index contributed by atoms with van der Waals surface area (Å²) in [5, 5.41) is 2.27. The van der Waals surface area contributed by atoms with Gasteiger partial charge in [-0.15, -0.1) is 0 Å². The number of benzene rings is 2. The van der Waals surface area contributed by atoms with E-state index in [9.17, 15) is 26.7 Å². The molecule has 0 aromatic heterocycles. The van der Waals surface area contributed by atoms with Crippen LogP contribution in [-0.2, 0) is 11.0 Å². The lowest BCUT2D eigenvalue weighted by molar-refractivity contribution is -0.137. The maximum atomic E-state index is 13.7. The van der Waals surface area contributed by atoms with Crippen LogP contribution in [0.5, 0.6) is 0 Å². The highest BCUT2D eigenvalue weighted by Crippen LogP contribution is 2.32. The summed E-state index contributed by atoms with van der Waals surface area (Å²) in [6, 6.07) is 7.76. The van der Waals surface area contributed by atoms with Crippen LogP contribution in [0.1, 0.15) is 12.5 Å². The molecule has 2 aromatic carbocycles. The van der Waals surface area contributed by atoms with Crippen LogP contribution < -0.4 is 10.2 Å². The van der Waals surface area contributed by atoms with Crippen molar-refractivity contribution in [2.75, 3.05) is 36.4 Å². The number of rotatable bonds is 4. The monoisotopic (exact) mass is 413 g/mol. The van der Waals surface area contributed by atoms with Gasteiger partial charge in [-0.2, -0.15) is 13.2 Å². The fraction of sp³-hybridized carbons (Fsp3) is 0.350. The van der Waals surface area contributed by atoms with Crippen LogP contribution in [-0.4, -0.2) is 43.0 Å². The summed E-state index contributed by atoms with van der Waals surface area (Å²) in [5.74, 6) is -2.28. The third-order valence-corrected chi connectivity index (χ3v) is 4.99. The van der Waals surface area contributed by atoms with Crippen molar-refractivity contribution in [1.82, 2.24) is 4.90 Å². The molecule has 0 aliphatic carbocycles. The lowest BCUT2D eigenvalue weighted by Gasteiger charge is -2.38. The van der Waals surface area contributed by atoms with Gasteiger partial charge >= 0.3 is 6.18 Å². The van der Waals surface area contributed by atoms with Gasteiger partial charge in [-0.25, -0.2) is 8.78 Å². The predicted octanol–water partition coefficient (Wildman–Crippen LogP) is 4.13. The Labute approximate surface area is 164 Å². The normalized spacial score (nSPS) is 16.6. The second-order valence-corrected chi connectivity index (χ2v) is 6.83. The van der Waals surface area contributed by atoms with Crippen LogP contribution in [0, 0.1) is 11.6 Å². The van der Waals surface area contributed by atoms with E-state index in [0.29, 0.717) is 31.9 Å². The molecular weight excluding hydrogens is 393 g/mol. The van der Waals surface area contributed by atoms with Gasteiger partial charge in [0.2, 0.25) is 5.91 Å². The molecule has 1 saturated heterocycles. The molecule has 2 aromatic rings. The van der Waals surface area contributed by atoms with Gasteiger partial charge in [0.1, 0.15) is 17.3 Å². The zero-order valence-corrected chi connectivity index (χ0v) is 15.6. The summed E-state index contributed by atoms with van der Waals surface area (Å²) in [5.41, 5.74) is -0.742. The van der Waals surface area contributed by atoms with Crippen LogP contribution in [0.2, 0.25) is 0 Å². The molecule has 29 heavy (non-hydrogen) atoms. The highest BCUT2D eigenvalue weighted by Gasteiger charge is 2.32. The molecule has 0 bridgehead atoms. The van der Waals surface area contributed by atoms with Gasteiger partial charge in [0.05, 0.1) is 11.6 Å². The standard InChI is InChI=1S/C20H20F5N3O/c1-13(19(29)26-18-16(21)6-3-7-17(18)22)27-8-10-28(11-9-27)15-5-2-4-14(12-15)20(23,24)25/h2-7,12-13H,8-11H2,1H3,(H,26,29)/t13-/m1/s1. The fourth-order valence-corrected chi connectivity index (χ4v) is 3.26. The smallest absolute Gasteiger partial charge is 0.369 e. The molecule has 156 valence electrons. The molecular formula is C20H20F5N3O. The third kappa shape index (κ3) is 4.84. The number of nitrogens with zero attached hydrogens (tertiary/aromatic N) is 2. The van der Waals surface area contributed by atoms with Crippen molar-refractivity contribution < 1.29 is 26.7 Å². The molecule has 1 aliphatic rings. The number of carbonyl (C=O) groups is 1. The summed E-state index contributed by atoms with van der Waals surface area (Å²) >= 11 is 0. The second-order valence-electron chi connectivity index (χ2n) is 6.83. The Morgan fingerprint density at radius 3 is 2.17 bits per heavy atom. The first-order chi connectivity index (χ1) is 13.7. The summed E-state index contributed by atoms with van der Waals surface area (Å²) in [6.45, 7) is 3.31. The van der Waals surface area contributed by atoms with Crippen LogP contribution in [0.25, 0.3) is 0 Å². The summed E-state index contributed by atoms with van der Waals surface area (Å²) in [6.07, 6.45) is -4.41. The molecule has 1 N–H and O–H groups in total.